The zero-order valence-corrected chi connectivity index (χ0v) is 13.4. The van der Waals surface area contributed by atoms with Gasteiger partial charge < -0.3 is 4.52 Å². The van der Waals surface area contributed by atoms with Crippen LogP contribution in [0.2, 0.25) is 0 Å². The lowest BCUT2D eigenvalue weighted by Crippen LogP contribution is -2.15. The molecule has 2 heterocycles. The molecule has 0 aliphatic carbocycles. The topological polar surface area (TPSA) is 89.3 Å². The van der Waals surface area contributed by atoms with Crippen molar-refractivity contribution in [1.82, 2.24) is 5.16 Å². The summed E-state index contributed by atoms with van der Waals surface area (Å²) in [6.07, 6.45) is 1.40. The molecular formula is C15H12N2O4S2. The van der Waals surface area contributed by atoms with E-state index in [1.165, 1.54) is 18.4 Å². The van der Waals surface area contributed by atoms with E-state index in [0.29, 0.717) is 0 Å². The van der Waals surface area contributed by atoms with E-state index in [1.807, 2.05) is 30.3 Å². The molecule has 0 spiro atoms. The molecule has 0 aliphatic rings. The largest absolute Gasteiger partial charge is 0.363 e. The molecule has 0 aliphatic heterocycles. The van der Waals surface area contributed by atoms with Gasteiger partial charge in [-0.1, -0.05) is 35.5 Å². The minimum atomic E-state index is -3.88. The Hall–Kier alpha value is -2.45. The molecular weight excluding hydrogens is 336 g/mol. The molecule has 0 saturated carbocycles. The first-order chi connectivity index (χ1) is 11.1. The molecule has 0 bridgehead atoms. The van der Waals surface area contributed by atoms with E-state index < -0.39 is 10.0 Å². The van der Waals surface area contributed by atoms with Crippen molar-refractivity contribution in [3.8, 4) is 0 Å². The summed E-state index contributed by atoms with van der Waals surface area (Å²) in [5.41, 5.74) is 1.01. The van der Waals surface area contributed by atoms with Crippen LogP contribution in [0.5, 0.6) is 0 Å². The van der Waals surface area contributed by atoms with Crippen molar-refractivity contribution < 1.29 is 17.7 Å². The molecule has 6 nitrogen and oxygen atoms in total. The zero-order valence-electron chi connectivity index (χ0n) is 11.8. The van der Waals surface area contributed by atoms with E-state index in [2.05, 4.69) is 14.4 Å². The summed E-state index contributed by atoms with van der Waals surface area (Å²) in [5.74, 6) is -0.183. The summed E-state index contributed by atoms with van der Waals surface area (Å²) < 4.78 is 31.7. The van der Waals surface area contributed by atoms with Gasteiger partial charge in [-0.2, -0.15) is 0 Å². The van der Waals surface area contributed by atoms with Crippen LogP contribution in [0, 0.1) is 0 Å². The van der Waals surface area contributed by atoms with Gasteiger partial charge in [0.2, 0.25) is 0 Å². The maximum Gasteiger partial charge on any atom is 0.273 e. The number of nitrogens with one attached hydrogen (secondary N) is 1. The number of rotatable bonds is 6. The van der Waals surface area contributed by atoms with Gasteiger partial charge in [-0.25, -0.2) is 8.42 Å². The Morgan fingerprint density at radius 2 is 1.96 bits per heavy atom. The molecule has 0 fully saturated rings. The number of hydrogen-bond donors (Lipinski definition) is 1. The van der Waals surface area contributed by atoms with Gasteiger partial charge in [-0.05, 0) is 17.0 Å². The Morgan fingerprint density at radius 3 is 2.65 bits per heavy atom. The number of hydrogen-bond acceptors (Lipinski definition) is 6. The lowest BCUT2D eigenvalue weighted by Gasteiger charge is -2.06. The highest BCUT2D eigenvalue weighted by Crippen LogP contribution is 2.26. The number of carbonyl (C=O) groups is 1. The van der Waals surface area contributed by atoms with Crippen LogP contribution in [0.15, 0.2) is 62.8 Å². The standard InChI is InChI=1S/C15H12N2O4S2/c18-13(10-11-4-2-1-3-5-11)12-7-9-22-15(12)23(19,20)17-14-6-8-21-16-14/h1-9H,10H2,(H,16,17). The van der Waals surface area contributed by atoms with Crippen LogP contribution in [0.1, 0.15) is 15.9 Å². The molecule has 118 valence electrons. The van der Waals surface area contributed by atoms with Gasteiger partial charge in [-0.3, -0.25) is 9.52 Å². The molecule has 1 aromatic carbocycles. The Kier molecular flexibility index (Phi) is 4.26. The highest BCUT2D eigenvalue weighted by Gasteiger charge is 2.25. The number of anilines is 1. The normalized spacial score (nSPS) is 11.3. The van der Waals surface area contributed by atoms with Gasteiger partial charge in [0.05, 0.1) is 0 Å². The fourth-order valence-electron chi connectivity index (χ4n) is 2.04. The van der Waals surface area contributed by atoms with Gasteiger partial charge in [0.25, 0.3) is 10.0 Å². The van der Waals surface area contributed by atoms with Crippen LogP contribution in [0.25, 0.3) is 0 Å². The van der Waals surface area contributed by atoms with E-state index >= 15 is 0 Å². The van der Waals surface area contributed by atoms with Gasteiger partial charge in [0.1, 0.15) is 6.26 Å². The average Bonchev–Trinajstić information content (AvgIpc) is 3.18. The molecule has 23 heavy (non-hydrogen) atoms. The second kappa shape index (κ2) is 6.35. The van der Waals surface area contributed by atoms with Crippen molar-refractivity contribution in [2.24, 2.45) is 0 Å². The minimum Gasteiger partial charge on any atom is -0.363 e. The number of nitrogens with zero attached hydrogens (tertiary/aromatic N) is 1. The average molecular weight is 348 g/mol. The van der Waals surface area contributed by atoms with E-state index in [1.54, 1.807) is 5.38 Å². The van der Waals surface area contributed by atoms with Crippen molar-refractivity contribution in [2.45, 2.75) is 10.6 Å². The predicted molar refractivity (Wildman–Crippen MR) is 86.1 cm³/mol. The number of thiophene rings is 1. The predicted octanol–water partition coefficient (Wildman–Crippen LogP) is 2.96. The molecule has 0 unspecified atom stereocenters. The van der Waals surface area contributed by atoms with Crippen molar-refractivity contribution >= 4 is 33.0 Å². The van der Waals surface area contributed by atoms with E-state index in [4.69, 9.17) is 0 Å². The third-order valence-electron chi connectivity index (χ3n) is 3.06. The van der Waals surface area contributed by atoms with Gasteiger partial charge in [0.15, 0.2) is 15.8 Å². The van der Waals surface area contributed by atoms with Crippen molar-refractivity contribution in [3.63, 3.8) is 0 Å². The molecule has 3 rings (SSSR count). The molecule has 0 amide bonds. The summed E-state index contributed by atoms with van der Waals surface area (Å²) in [7, 11) is -3.88. The first-order valence-corrected chi connectivity index (χ1v) is 9.00. The van der Waals surface area contributed by atoms with Crippen molar-refractivity contribution in [1.29, 1.82) is 0 Å². The quantitative estimate of drug-likeness (QED) is 0.692. The van der Waals surface area contributed by atoms with E-state index in [9.17, 15) is 13.2 Å². The van der Waals surface area contributed by atoms with Gasteiger partial charge >= 0.3 is 0 Å². The van der Waals surface area contributed by atoms with Crippen LogP contribution in [0.4, 0.5) is 5.82 Å². The second-order valence-corrected chi connectivity index (χ2v) is 7.49. The van der Waals surface area contributed by atoms with Crippen LogP contribution < -0.4 is 4.72 Å². The number of sulfonamides is 1. The maximum atomic E-state index is 12.4. The summed E-state index contributed by atoms with van der Waals surface area (Å²) in [6.45, 7) is 0. The highest BCUT2D eigenvalue weighted by molar-refractivity contribution is 7.94. The molecule has 1 N–H and O–H groups in total. The third kappa shape index (κ3) is 3.49. The molecule has 0 atom stereocenters. The summed E-state index contributed by atoms with van der Waals surface area (Å²) in [6, 6.07) is 12.1. The monoisotopic (exact) mass is 348 g/mol. The first kappa shape index (κ1) is 15.4. The van der Waals surface area contributed by atoms with Crippen LogP contribution in [0.3, 0.4) is 0 Å². The fraction of sp³-hybridized carbons (Fsp3) is 0.0667. The van der Waals surface area contributed by atoms with Gasteiger partial charge in [0, 0.05) is 18.1 Å². The zero-order chi connectivity index (χ0) is 16.3. The number of ketones is 1. The second-order valence-electron chi connectivity index (χ2n) is 4.70. The highest BCUT2D eigenvalue weighted by atomic mass is 32.2. The van der Waals surface area contributed by atoms with E-state index in [-0.39, 0.29) is 27.8 Å². The van der Waals surface area contributed by atoms with Crippen molar-refractivity contribution in [3.05, 3.63) is 65.2 Å². The van der Waals surface area contributed by atoms with Crippen LogP contribution in [-0.4, -0.2) is 19.4 Å². The lowest BCUT2D eigenvalue weighted by molar-refractivity contribution is 0.0990. The smallest absolute Gasteiger partial charge is 0.273 e. The molecule has 0 radical (unpaired) electrons. The first-order valence-electron chi connectivity index (χ1n) is 6.64. The molecule has 2 aromatic heterocycles. The van der Waals surface area contributed by atoms with Crippen LogP contribution in [-0.2, 0) is 16.4 Å². The number of benzene rings is 1. The summed E-state index contributed by atoms with van der Waals surface area (Å²) in [5, 5.41) is 5.09. The Morgan fingerprint density at radius 1 is 1.17 bits per heavy atom. The number of carbonyl (C=O) groups excluding carboxylic acids is 1. The molecule has 8 heteroatoms. The van der Waals surface area contributed by atoms with Crippen molar-refractivity contribution in [2.75, 3.05) is 4.72 Å². The van der Waals surface area contributed by atoms with Crippen LogP contribution >= 0.6 is 11.3 Å². The van der Waals surface area contributed by atoms with Gasteiger partial charge in [-0.15, -0.1) is 11.3 Å². The van der Waals surface area contributed by atoms with E-state index in [0.717, 1.165) is 16.9 Å². The summed E-state index contributed by atoms with van der Waals surface area (Å²) >= 11 is 0.988. The number of Topliss-reactive ketones (excluding diaryl/α,β-unsaturated/α-hetero) is 1. The fourth-order valence-corrected chi connectivity index (χ4v) is 4.42. The molecule has 3 aromatic rings. The maximum absolute atomic E-state index is 12.4. The minimum absolute atomic E-state index is 0.0265. The number of aromatic nitrogens is 1. The lowest BCUT2D eigenvalue weighted by atomic mass is 10.1. The molecule has 0 saturated heterocycles. The third-order valence-corrected chi connectivity index (χ3v) is 5.90. The Labute approximate surface area is 136 Å². The summed E-state index contributed by atoms with van der Waals surface area (Å²) in [4.78, 5) is 12.4. The Bertz CT molecular complexity index is 900. The Balaban J connectivity index is 1.85. The SMILES string of the molecule is O=C(Cc1ccccc1)c1ccsc1S(=O)(=O)Nc1ccon1.